The Morgan fingerprint density at radius 3 is 1.73 bits per heavy atom. The molecule has 1 fully saturated rings. The summed E-state index contributed by atoms with van der Waals surface area (Å²) in [6, 6.07) is 0. The second-order valence-corrected chi connectivity index (χ2v) is 48.9. The van der Waals surface area contributed by atoms with Gasteiger partial charge in [0, 0.05) is 0 Å². The van der Waals surface area contributed by atoms with Gasteiger partial charge in [-0.05, 0) is 0 Å². The van der Waals surface area contributed by atoms with Gasteiger partial charge in [0.15, 0.2) is 6.42 Å². The highest BCUT2D eigenvalue weighted by Gasteiger charge is 2.73. The summed E-state index contributed by atoms with van der Waals surface area (Å²) in [6.45, 7) is 8.37. The third-order valence-electron chi connectivity index (χ3n) is 4.15. The zero-order valence-electron chi connectivity index (χ0n) is 9.50. The summed E-state index contributed by atoms with van der Waals surface area (Å²) in [5.41, 5.74) is 0. The van der Waals surface area contributed by atoms with E-state index in [1.165, 1.54) is 0 Å². The molecule has 2 unspecified atom stereocenters. The molecule has 1 nitrogen and oxygen atoms in total. The van der Waals surface area contributed by atoms with Crippen molar-refractivity contribution in [3.8, 4) is 0 Å². The SMILES string of the molecule is C[Si]1(C)C(Cl)O[Si](Cl)(Cl)[Si](C)(Cl)[Si]1(C)C. The van der Waals surface area contributed by atoms with Crippen LogP contribution in [0.3, 0.4) is 0 Å². The van der Waals surface area contributed by atoms with Gasteiger partial charge in [0.2, 0.25) is 0 Å². The molecule has 1 saturated heterocycles. The van der Waals surface area contributed by atoms with E-state index >= 15 is 0 Å². The monoisotopic (exact) mass is 356 g/mol. The van der Waals surface area contributed by atoms with E-state index in [4.69, 9.17) is 49.3 Å². The lowest BCUT2D eigenvalue weighted by Gasteiger charge is -2.56. The van der Waals surface area contributed by atoms with Crippen LogP contribution in [0.4, 0.5) is 0 Å². The minimum absolute atomic E-state index is 0.278. The van der Waals surface area contributed by atoms with E-state index in [1.54, 1.807) is 0 Å². The van der Waals surface area contributed by atoms with Gasteiger partial charge in [-0.2, -0.15) is 11.1 Å². The van der Waals surface area contributed by atoms with Gasteiger partial charge in [0.05, 0.1) is 14.7 Å². The van der Waals surface area contributed by atoms with Crippen LogP contribution >= 0.6 is 44.8 Å². The molecule has 9 heteroatoms. The molecule has 0 radical (unpaired) electrons. The van der Waals surface area contributed by atoms with Crippen LogP contribution < -0.4 is 0 Å². The van der Waals surface area contributed by atoms with Crippen LogP contribution in [0.15, 0.2) is 0 Å². The topological polar surface area (TPSA) is 9.23 Å². The lowest BCUT2D eigenvalue weighted by Crippen LogP contribution is -2.84. The first-order valence-corrected chi connectivity index (χ1v) is 21.7. The second kappa shape index (κ2) is 3.99. The molecule has 0 bridgehead atoms. The molecule has 90 valence electrons. The summed E-state index contributed by atoms with van der Waals surface area (Å²) in [6.07, 6.45) is -2.19. The standard InChI is InChI=1S/C6H16Cl4OSi4/c1-12(2)6(7)11-15(9,10)14(5,8)13(12,3)4/h6H,1-5H3. The Labute approximate surface area is 114 Å². The van der Waals surface area contributed by atoms with Crippen molar-refractivity contribution >= 4 is 72.4 Å². The lowest BCUT2D eigenvalue weighted by molar-refractivity contribution is 0.363. The highest BCUT2D eigenvalue weighted by Crippen LogP contribution is 2.49. The Hall–Kier alpha value is 1.99. The number of halogens is 4. The Bertz CT molecular complexity index is 280. The molecule has 1 aliphatic heterocycles. The first kappa shape index (κ1) is 15.0. The van der Waals surface area contributed by atoms with Crippen molar-refractivity contribution < 1.29 is 4.43 Å². The predicted molar refractivity (Wildman–Crippen MR) is 80.6 cm³/mol. The summed E-state index contributed by atoms with van der Waals surface area (Å²) >= 11 is 25.8. The van der Waals surface area contributed by atoms with Crippen molar-refractivity contribution in [3.63, 3.8) is 0 Å². The largest absolute Gasteiger partial charge is 0.383 e. The minimum atomic E-state index is -2.79. The molecule has 0 aromatic carbocycles. The Morgan fingerprint density at radius 2 is 1.33 bits per heavy atom. The molecular weight excluding hydrogens is 342 g/mol. The fourth-order valence-corrected chi connectivity index (χ4v) is 77.5. The van der Waals surface area contributed by atoms with Crippen molar-refractivity contribution in [3.05, 3.63) is 0 Å². The van der Waals surface area contributed by atoms with E-state index in [0.717, 1.165) is 0 Å². The van der Waals surface area contributed by atoms with Crippen LogP contribution in [0.2, 0.25) is 32.7 Å². The normalized spacial score (nSPS) is 42.6. The molecule has 0 saturated carbocycles. The average molecular weight is 358 g/mol. The fourth-order valence-electron chi connectivity index (χ4n) is 1.64. The smallest absolute Gasteiger partial charge is 0.381 e. The maximum Gasteiger partial charge on any atom is 0.383 e. The number of alkyl halides is 1. The summed E-state index contributed by atoms with van der Waals surface area (Å²) in [5, 5.41) is -0.278. The van der Waals surface area contributed by atoms with E-state index in [0.29, 0.717) is 0 Å². The maximum atomic E-state index is 6.75. The molecule has 2 atom stereocenters. The van der Waals surface area contributed by atoms with Crippen LogP contribution in [-0.4, -0.2) is 32.8 Å². The molecule has 0 spiro atoms. The third kappa shape index (κ3) is 1.96. The van der Waals surface area contributed by atoms with Crippen molar-refractivity contribution in [1.82, 2.24) is 0 Å². The van der Waals surface area contributed by atoms with Gasteiger partial charge >= 0.3 is 6.45 Å². The van der Waals surface area contributed by atoms with Crippen molar-refractivity contribution in [2.75, 3.05) is 0 Å². The van der Waals surface area contributed by atoms with Crippen LogP contribution in [0.25, 0.3) is 0 Å². The Balaban J connectivity index is 3.30. The van der Waals surface area contributed by atoms with E-state index < -0.39 is 27.6 Å². The van der Waals surface area contributed by atoms with E-state index in [1.807, 2.05) is 0 Å². The zero-order valence-corrected chi connectivity index (χ0v) is 16.5. The molecule has 1 heterocycles. The number of rotatable bonds is 0. The molecule has 0 amide bonds. The van der Waals surface area contributed by atoms with Gasteiger partial charge in [0.1, 0.15) is 5.19 Å². The van der Waals surface area contributed by atoms with Gasteiger partial charge in [-0.3, -0.25) is 0 Å². The van der Waals surface area contributed by atoms with Gasteiger partial charge in [0.25, 0.3) is 0 Å². The molecular formula is C6H16Cl4OSi4. The van der Waals surface area contributed by atoms with Crippen molar-refractivity contribution in [2.45, 2.75) is 37.9 Å². The van der Waals surface area contributed by atoms with Crippen LogP contribution in [0.1, 0.15) is 0 Å². The summed E-state index contributed by atoms with van der Waals surface area (Å²) < 4.78 is 5.70. The van der Waals surface area contributed by atoms with Crippen molar-refractivity contribution in [1.29, 1.82) is 0 Å². The minimum Gasteiger partial charge on any atom is -0.381 e. The van der Waals surface area contributed by atoms with E-state index in [2.05, 4.69) is 32.7 Å². The van der Waals surface area contributed by atoms with E-state index in [9.17, 15) is 0 Å². The molecule has 0 aromatic heterocycles. The average Bonchev–Trinajstić information content (AvgIpc) is 2.00. The number of hydrogen-bond acceptors (Lipinski definition) is 1. The zero-order chi connectivity index (χ0) is 12.3. The molecule has 1 aliphatic rings. The number of hydrogen-bond donors (Lipinski definition) is 0. The van der Waals surface area contributed by atoms with Gasteiger partial charge in [-0.1, -0.05) is 44.3 Å². The van der Waals surface area contributed by atoms with Gasteiger partial charge in [-0.25, -0.2) is 0 Å². The highest BCUT2D eigenvalue weighted by molar-refractivity contribution is 8.03. The van der Waals surface area contributed by atoms with Crippen LogP contribution in [0, 0.1) is 0 Å². The van der Waals surface area contributed by atoms with Gasteiger partial charge < -0.3 is 4.43 Å². The Kier molecular flexibility index (Phi) is 4.01. The van der Waals surface area contributed by atoms with Crippen LogP contribution in [-0.2, 0) is 4.43 Å². The summed E-state index contributed by atoms with van der Waals surface area (Å²) in [5.74, 6) is 0. The quantitative estimate of drug-likeness (QED) is 0.361. The predicted octanol–water partition coefficient (Wildman–Crippen LogP) is 4.00. The molecule has 0 N–H and O–H groups in total. The Morgan fingerprint density at radius 1 is 0.933 bits per heavy atom. The summed E-state index contributed by atoms with van der Waals surface area (Å²) in [7, 11) is -3.33. The summed E-state index contributed by atoms with van der Waals surface area (Å²) in [4.78, 5) is 0. The van der Waals surface area contributed by atoms with E-state index in [-0.39, 0.29) is 5.19 Å². The molecule has 1 rings (SSSR count). The van der Waals surface area contributed by atoms with Crippen molar-refractivity contribution in [2.24, 2.45) is 0 Å². The highest BCUT2D eigenvalue weighted by atomic mass is 35.7. The third-order valence-corrected chi connectivity index (χ3v) is 77.7. The molecule has 15 heavy (non-hydrogen) atoms. The molecule has 0 aliphatic carbocycles. The maximum absolute atomic E-state index is 6.75. The van der Waals surface area contributed by atoms with Crippen LogP contribution in [0.5, 0.6) is 0 Å². The first-order chi connectivity index (χ1) is 6.38. The lowest BCUT2D eigenvalue weighted by atomic mass is 11.6. The first-order valence-electron chi connectivity index (χ1n) is 4.76. The van der Waals surface area contributed by atoms with Gasteiger partial charge in [-0.15, -0.1) is 22.2 Å². The second-order valence-electron chi connectivity index (χ2n) is 5.30. The molecule has 0 aromatic rings. The fraction of sp³-hybridized carbons (Fsp3) is 1.00.